The molecule has 90 valence electrons. The van der Waals surface area contributed by atoms with Gasteiger partial charge in [0.15, 0.2) is 5.75 Å². The summed E-state index contributed by atoms with van der Waals surface area (Å²) >= 11 is 0. The quantitative estimate of drug-likeness (QED) is 0.880. The highest BCUT2D eigenvalue weighted by atomic mass is 16.3. The third-order valence-corrected chi connectivity index (χ3v) is 2.72. The Morgan fingerprint density at radius 1 is 1.24 bits per heavy atom. The summed E-state index contributed by atoms with van der Waals surface area (Å²) in [5.74, 6) is 0.807. The number of aromatic nitrogens is 2. The van der Waals surface area contributed by atoms with Crippen LogP contribution >= 0.6 is 0 Å². The minimum atomic E-state index is 0.322. The minimum Gasteiger partial charge on any atom is -0.504 e. The molecule has 0 radical (unpaired) electrons. The zero-order valence-electron chi connectivity index (χ0n) is 10.5. The fraction of sp³-hybridized carbons (Fsp3) is 0.357. The van der Waals surface area contributed by atoms with E-state index < -0.39 is 0 Å². The highest BCUT2D eigenvalue weighted by molar-refractivity contribution is 5.40. The Balaban J connectivity index is 2.50. The van der Waals surface area contributed by atoms with Gasteiger partial charge in [0, 0.05) is 0 Å². The molecule has 1 N–H and O–H groups in total. The molecule has 0 aliphatic carbocycles. The maximum atomic E-state index is 10.0. The van der Waals surface area contributed by atoms with Crippen molar-refractivity contribution in [1.29, 1.82) is 0 Å². The van der Waals surface area contributed by atoms with E-state index in [2.05, 4.69) is 18.9 Å². The fourth-order valence-corrected chi connectivity index (χ4v) is 1.92. The van der Waals surface area contributed by atoms with Gasteiger partial charge in [-0.05, 0) is 31.4 Å². The molecule has 0 spiro atoms. The topological polar surface area (TPSA) is 38.0 Å². The van der Waals surface area contributed by atoms with Crippen LogP contribution in [0.2, 0.25) is 0 Å². The van der Waals surface area contributed by atoms with Crippen molar-refractivity contribution in [3.05, 3.63) is 41.7 Å². The number of hydrogen-bond acceptors (Lipinski definition) is 2. The van der Waals surface area contributed by atoms with Gasteiger partial charge in [0.05, 0.1) is 11.4 Å². The van der Waals surface area contributed by atoms with Gasteiger partial charge in [0.1, 0.15) is 5.69 Å². The SMILES string of the molecule is Cc1nn(-c2ccccc2)c(CC(C)C)c1O. The summed E-state index contributed by atoms with van der Waals surface area (Å²) in [5, 5.41) is 14.4. The first-order chi connectivity index (χ1) is 8.09. The Hall–Kier alpha value is -1.77. The van der Waals surface area contributed by atoms with Crippen LogP contribution in [0.4, 0.5) is 0 Å². The van der Waals surface area contributed by atoms with Crippen LogP contribution in [0.5, 0.6) is 5.75 Å². The second-order valence-electron chi connectivity index (χ2n) is 4.73. The average molecular weight is 230 g/mol. The molecule has 0 fully saturated rings. The lowest BCUT2D eigenvalue weighted by Crippen LogP contribution is -2.05. The molecule has 0 aliphatic rings. The summed E-state index contributed by atoms with van der Waals surface area (Å²) in [6.45, 7) is 6.10. The van der Waals surface area contributed by atoms with Crippen molar-refractivity contribution in [3.8, 4) is 11.4 Å². The van der Waals surface area contributed by atoms with Gasteiger partial charge in [-0.25, -0.2) is 4.68 Å². The summed E-state index contributed by atoms with van der Waals surface area (Å²) < 4.78 is 1.84. The van der Waals surface area contributed by atoms with Crippen LogP contribution in [0.15, 0.2) is 30.3 Å². The van der Waals surface area contributed by atoms with Crippen molar-refractivity contribution in [2.45, 2.75) is 27.2 Å². The van der Waals surface area contributed by atoms with E-state index in [1.807, 2.05) is 41.9 Å². The summed E-state index contributed by atoms with van der Waals surface area (Å²) in [5.41, 5.74) is 2.57. The smallest absolute Gasteiger partial charge is 0.160 e. The third kappa shape index (κ3) is 2.33. The van der Waals surface area contributed by atoms with Crippen molar-refractivity contribution in [3.63, 3.8) is 0 Å². The lowest BCUT2D eigenvalue weighted by Gasteiger charge is -2.09. The number of aryl methyl sites for hydroxylation is 1. The Morgan fingerprint density at radius 2 is 1.88 bits per heavy atom. The summed E-state index contributed by atoms with van der Waals surface area (Å²) in [6.07, 6.45) is 0.821. The number of hydrogen-bond donors (Lipinski definition) is 1. The van der Waals surface area contributed by atoms with Gasteiger partial charge in [-0.1, -0.05) is 32.0 Å². The Kier molecular flexibility index (Phi) is 3.18. The van der Waals surface area contributed by atoms with Crippen LogP contribution in [-0.2, 0) is 6.42 Å². The number of rotatable bonds is 3. The second kappa shape index (κ2) is 4.62. The Labute approximate surface area is 102 Å². The normalized spacial score (nSPS) is 11.1. The largest absolute Gasteiger partial charge is 0.504 e. The molecule has 0 bridgehead atoms. The van der Waals surface area contributed by atoms with Crippen LogP contribution < -0.4 is 0 Å². The van der Waals surface area contributed by atoms with E-state index in [4.69, 9.17) is 0 Å². The van der Waals surface area contributed by atoms with E-state index in [1.165, 1.54) is 0 Å². The van der Waals surface area contributed by atoms with Crippen molar-refractivity contribution in [1.82, 2.24) is 9.78 Å². The van der Waals surface area contributed by atoms with E-state index in [9.17, 15) is 5.11 Å². The van der Waals surface area contributed by atoms with Crippen LogP contribution in [0.25, 0.3) is 5.69 Å². The van der Waals surface area contributed by atoms with E-state index >= 15 is 0 Å². The molecule has 2 rings (SSSR count). The van der Waals surface area contributed by atoms with Crippen LogP contribution in [0.3, 0.4) is 0 Å². The Bertz CT molecular complexity index is 500. The molecule has 0 aliphatic heterocycles. The zero-order chi connectivity index (χ0) is 12.4. The lowest BCUT2D eigenvalue weighted by atomic mass is 10.1. The van der Waals surface area contributed by atoms with Crippen molar-refractivity contribution < 1.29 is 5.11 Å². The fourth-order valence-electron chi connectivity index (χ4n) is 1.92. The molecule has 3 nitrogen and oxygen atoms in total. The first-order valence-corrected chi connectivity index (χ1v) is 5.92. The number of benzene rings is 1. The predicted octanol–water partition coefficient (Wildman–Crippen LogP) is 3.08. The van der Waals surface area contributed by atoms with E-state index in [-0.39, 0.29) is 0 Å². The molecule has 17 heavy (non-hydrogen) atoms. The molecule has 1 aromatic heterocycles. The minimum absolute atomic E-state index is 0.322. The van der Waals surface area contributed by atoms with Gasteiger partial charge in [-0.15, -0.1) is 0 Å². The van der Waals surface area contributed by atoms with Crippen LogP contribution in [-0.4, -0.2) is 14.9 Å². The molecule has 0 unspecified atom stereocenters. The van der Waals surface area contributed by atoms with Crippen molar-refractivity contribution in [2.24, 2.45) is 5.92 Å². The van der Waals surface area contributed by atoms with E-state index in [1.54, 1.807) is 0 Å². The van der Waals surface area contributed by atoms with E-state index in [0.717, 1.165) is 17.8 Å². The van der Waals surface area contributed by atoms with Gasteiger partial charge in [0.25, 0.3) is 0 Å². The molecule has 0 atom stereocenters. The standard InChI is InChI=1S/C14H18N2O/c1-10(2)9-13-14(17)11(3)15-16(13)12-7-5-4-6-8-12/h4-8,10,17H,9H2,1-3H3. The third-order valence-electron chi connectivity index (χ3n) is 2.72. The first kappa shape index (κ1) is 11.7. The zero-order valence-corrected chi connectivity index (χ0v) is 10.5. The van der Waals surface area contributed by atoms with Gasteiger partial charge in [-0.2, -0.15) is 5.10 Å². The molecule has 0 saturated carbocycles. The molecule has 2 aromatic rings. The van der Waals surface area contributed by atoms with Gasteiger partial charge in [0.2, 0.25) is 0 Å². The Morgan fingerprint density at radius 3 is 2.47 bits per heavy atom. The number of para-hydroxylation sites is 1. The van der Waals surface area contributed by atoms with E-state index in [0.29, 0.717) is 17.4 Å². The lowest BCUT2D eigenvalue weighted by molar-refractivity contribution is 0.457. The number of nitrogens with zero attached hydrogens (tertiary/aromatic N) is 2. The van der Waals surface area contributed by atoms with Crippen molar-refractivity contribution >= 4 is 0 Å². The maximum absolute atomic E-state index is 10.0. The highest BCUT2D eigenvalue weighted by Gasteiger charge is 2.16. The average Bonchev–Trinajstić information content (AvgIpc) is 2.58. The molecule has 1 heterocycles. The van der Waals surface area contributed by atoms with Gasteiger partial charge in [-0.3, -0.25) is 0 Å². The summed E-state index contributed by atoms with van der Waals surface area (Å²) in [7, 11) is 0. The molecule has 0 amide bonds. The monoisotopic (exact) mass is 230 g/mol. The van der Waals surface area contributed by atoms with Crippen LogP contribution in [0, 0.1) is 12.8 Å². The van der Waals surface area contributed by atoms with Gasteiger partial charge < -0.3 is 5.11 Å². The molecule has 3 heteroatoms. The molecular weight excluding hydrogens is 212 g/mol. The molecular formula is C14H18N2O. The maximum Gasteiger partial charge on any atom is 0.160 e. The predicted molar refractivity (Wildman–Crippen MR) is 68.5 cm³/mol. The first-order valence-electron chi connectivity index (χ1n) is 5.92. The van der Waals surface area contributed by atoms with Gasteiger partial charge >= 0.3 is 0 Å². The summed E-state index contributed by atoms with van der Waals surface area (Å²) in [4.78, 5) is 0. The van der Waals surface area contributed by atoms with Crippen molar-refractivity contribution in [2.75, 3.05) is 0 Å². The number of aromatic hydroxyl groups is 1. The molecule has 0 saturated heterocycles. The molecule has 1 aromatic carbocycles. The second-order valence-corrected chi connectivity index (χ2v) is 4.73. The van der Waals surface area contributed by atoms with Crippen LogP contribution in [0.1, 0.15) is 25.2 Å². The highest BCUT2D eigenvalue weighted by Crippen LogP contribution is 2.26. The summed E-state index contributed by atoms with van der Waals surface area (Å²) in [6, 6.07) is 9.92.